The summed E-state index contributed by atoms with van der Waals surface area (Å²) in [5.41, 5.74) is 5.02. The first-order chi connectivity index (χ1) is 19.3. The second kappa shape index (κ2) is 9.23. The van der Waals surface area contributed by atoms with Gasteiger partial charge in [-0.15, -0.1) is 0 Å². The van der Waals surface area contributed by atoms with Gasteiger partial charge in [-0.2, -0.15) is 0 Å². The lowest BCUT2D eigenvalue weighted by molar-refractivity contribution is 0.992. The predicted molar refractivity (Wildman–Crippen MR) is 165 cm³/mol. The van der Waals surface area contributed by atoms with Crippen molar-refractivity contribution < 1.29 is 0 Å². The minimum atomic E-state index is 0.780. The van der Waals surface area contributed by atoms with E-state index in [1.165, 1.54) is 37.9 Å². The molecule has 0 aliphatic carbocycles. The zero-order chi connectivity index (χ0) is 26.3. The van der Waals surface area contributed by atoms with Crippen LogP contribution in [0.2, 0.25) is 0 Å². The van der Waals surface area contributed by atoms with Gasteiger partial charge >= 0.3 is 0 Å². The van der Waals surface area contributed by atoms with Crippen molar-refractivity contribution in [2.75, 3.05) is 0 Å². The molecule has 0 saturated heterocycles. The van der Waals surface area contributed by atoms with Crippen molar-refractivity contribution in [1.82, 2.24) is 14.5 Å². The van der Waals surface area contributed by atoms with Gasteiger partial charge in [-0.05, 0) is 73.8 Å². The lowest BCUT2D eigenvalue weighted by Crippen LogP contribution is -2.02. The number of pyridine rings is 1. The average Bonchev–Trinajstić information content (AvgIpc) is 3.40. The molecule has 0 unspecified atom stereocenters. The number of fused-ring (bicyclic) bond motifs is 5. The number of hydrogen-bond acceptors (Lipinski definition) is 2. The third kappa shape index (κ3) is 3.67. The van der Waals surface area contributed by atoms with Crippen LogP contribution in [0.25, 0.3) is 72.8 Å². The highest BCUT2D eigenvalue weighted by atomic mass is 15.1. The molecule has 0 N–H and O–H groups in total. The second-order valence-electron chi connectivity index (χ2n) is 9.57. The van der Waals surface area contributed by atoms with E-state index in [2.05, 4.69) is 109 Å². The zero-order valence-corrected chi connectivity index (χ0v) is 21.4. The van der Waals surface area contributed by atoms with Gasteiger partial charge in [-0.1, -0.05) is 104 Å². The molecule has 0 aliphatic heterocycles. The molecule has 0 amide bonds. The number of imidazole rings is 1. The molecule has 0 radical (unpaired) electrons. The predicted octanol–water partition coefficient (Wildman–Crippen LogP) is 9.35. The Morgan fingerprint density at radius 2 is 1.31 bits per heavy atom. The summed E-state index contributed by atoms with van der Waals surface area (Å²) in [6.07, 6.45) is 5.36. The van der Waals surface area contributed by atoms with Crippen LogP contribution in [0.1, 0.15) is 11.4 Å². The van der Waals surface area contributed by atoms with E-state index in [0.29, 0.717) is 0 Å². The molecule has 0 saturated carbocycles. The van der Waals surface area contributed by atoms with Crippen LogP contribution in [-0.2, 0) is 0 Å². The Balaban J connectivity index is 1.41. The fourth-order valence-corrected chi connectivity index (χ4v) is 5.62. The van der Waals surface area contributed by atoms with Crippen LogP contribution in [0.4, 0.5) is 0 Å². The Hall–Kier alpha value is -5.28. The van der Waals surface area contributed by atoms with Gasteiger partial charge in [0.05, 0.1) is 11.4 Å². The number of benzene rings is 5. The van der Waals surface area contributed by atoms with Crippen molar-refractivity contribution in [3.05, 3.63) is 140 Å². The van der Waals surface area contributed by atoms with Crippen molar-refractivity contribution >= 4 is 44.5 Å². The first kappa shape index (κ1) is 22.9. The van der Waals surface area contributed by atoms with E-state index in [1.54, 1.807) is 12.3 Å². The summed E-state index contributed by atoms with van der Waals surface area (Å²) in [7, 11) is 0. The van der Waals surface area contributed by atoms with Crippen LogP contribution in [0.15, 0.2) is 129 Å². The largest absolute Gasteiger partial charge is 0.276 e. The van der Waals surface area contributed by atoms with Gasteiger partial charge in [0, 0.05) is 11.8 Å². The van der Waals surface area contributed by atoms with Crippen molar-refractivity contribution in [3.8, 4) is 28.3 Å². The van der Waals surface area contributed by atoms with Crippen LogP contribution in [0.3, 0.4) is 0 Å². The molecule has 0 aliphatic rings. The molecule has 3 nitrogen and oxygen atoms in total. The highest BCUT2D eigenvalue weighted by Crippen LogP contribution is 2.39. The molecule has 184 valence electrons. The van der Waals surface area contributed by atoms with Crippen LogP contribution in [0, 0.1) is 0 Å². The monoisotopic (exact) mass is 499 g/mol. The van der Waals surface area contributed by atoms with Crippen LogP contribution in [0.5, 0.6) is 0 Å². The number of nitrogens with zero attached hydrogens (tertiary/aromatic N) is 3. The van der Waals surface area contributed by atoms with Gasteiger partial charge in [0.15, 0.2) is 0 Å². The third-order valence-corrected chi connectivity index (χ3v) is 7.41. The lowest BCUT2D eigenvalue weighted by atomic mass is 9.90. The van der Waals surface area contributed by atoms with Gasteiger partial charge in [-0.25, -0.2) is 9.97 Å². The second-order valence-corrected chi connectivity index (χ2v) is 9.57. The van der Waals surface area contributed by atoms with Gasteiger partial charge in [0.25, 0.3) is 0 Å². The van der Waals surface area contributed by atoms with Gasteiger partial charge < -0.3 is 0 Å². The molecule has 5 aromatic carbocycles. The molecule has 2 aromatic heterocycles. The van der Waals surface area contributed by atoms with Gasteiger partial charge in [0.1, 0.15) is 11.6 Å². The van der Waals surface area contributed by atoms with Crippen molar-refractivity contribution in [2.24, 2.45) is 0 Å². The number of hydrogen-bond donors (Lipinski definition) is 0. The van der Waals surface area contributed by atoms with E-state index >= 15 is 0 Å². The average molecular weight is 500 g/mol. The van der Waals surface area contributed by atoms with E-state index in [-0.39, 0.29) is 0 Å². The molecule has 7 rings (SSSR count). The van der Waals surface area contributed by atoms with E-state index in [1.807, 2.05) is 28.8 Å². The summed E-state index contributed by atoms with van der Waals surface area (Å²) in [5, 5.41) is 7.59. The van der Waals surface area contributed by atoms with E-state index in [4.69, 9.17) is 4.98 Å². The first-order valence-electron chi connectivity index (χ1n) is 13.0. The van der Waals surface area contributed by atoms with Crippen molar-refractivity contribution in [1.29, 1.82) is 0 Å². The summed E-state index contributed by atoms with van der Waals surface area (Å²) in [6.45, 7) is 7.99. The lowest BCUT2D eigenvalue weighted by Gasteiger charge is -2.14. The fraction of sp³-hybridized carbons (Fsp3) is 0. The van der Waals surface area contributed by atoms with Gasteiger partial charge in [-0.3, -0.25) is 4.57 Å². The molecular weight excluding hydrogens is 474 g/mol. The first-order valence-corrected chi connectivity index (χ1v) is 13.0. The maximum absolute atomic E-state index is 4.90. The van der Waals surface area contributed by atoms with Crippen LogP contribution in [-0.4, -0.2) is 14.5 Å². The summed E-state index contributed by atoms with van der Waals surface area (Å²) in [5.74, 6) is 1.60. The normalized spacial score (nSPS) is 11.3. The molecule has 7 aromatic rings. The van der Waals surface area contributed by atoms with Crippen molar-refractivity contribution in [3.63, 3.8) is 0 Å². The molecule has 3 heteroatoms. The highest BCUT2D eigenvalue weighted by molar-refractivity contribution is 6.23. The molecule has 0 bridgehead atoms. The van der Waals surface area contributed by atoms with E-state index in [9.17, 15) is 0 Å². The fourth-order valence-electron chi connectivity index (χ4n) is 5.62. The third-order valence-electron chi connectivity index (χ3n) is 7.41. The quantitative estimate of drug-likeness (QED) is 0.221. The Bertz CT molecular complexity index is 2030. The molecule has 0 fully saturated rings. The molecule has 2 heterocycles. The minimum Gasteiger partial charge on any atom is -0.276 e. The van der Waals surface area contributed by atoms with Crippen LogP contribution >= 0.6 is 0 Å². The minimum absolute atomic E-state index is 0.780. The van der Waals surface area contributed by atoms with Gasteiger partial charge in [0.2, 0.25) is 0 Å². The standard InChI is InChI=1S/C36H25N3/c1-3-32-33(4-2)39(34-15-9-10-22-37-34)36(38-32)26-19-16-25(17-20-26)31-23-27-21-18-24-11-5-6-12-28(24)35(27)30-14-8-7-13-29(30)31/h3-23H,1-2H2. The topological polar surface area (TPSA) is 30.7 Å². The summed E-state index contributed by atoms with van der Waals surface area (Å²) >= 11 is 0. The Labute approximate surface area is 227 Å². The summed E-state index contributed by atoms with van der Waals surface area (Å²) < 4.78 is 2.04. The van der Waals surface area contributed by atoms with E-state index < -0.39 is 0 Å². The molecule has 0 spiro atoms. The van der Waals surface area contributed by atoms with E-state index in [0.717, 1.165) is 34.2 Å². The Kier molecular flexibility index (Phi) is 5.42. The van der Waals surface area contributed by atoms with Crippen molar-refractivity contribution in [2.45, 2.75) is 0 Å². The Morgan fingerprint density at radius 1 is 0.615 bits per heavy atom. The number of rotatable bonds is 5. The molecule has 0 atom stereocenters. The SMILES string of the molecule is C=Cc1nc(-c2ccc(-c3cc4ccc5ccccc5c4c4ccccc34)cc2)n(-c2ccccn2)c1C=C. The molecule has 39 heavy (non-hydrogen) atoms. The highest BCUT2D eigenvalue weighted by Gasteiger charge is 2.18. The summed E-state index contributed by atoms with van der Waals surface area (Å²) in [4.78, 5) is 9.48. The van der Waals surface area contributed by atoms with Crippen LogP contribution < -0.4 is 0 Å². The molecular formula is C36H25N3. The smallest absolute Gasteiger partial charge is 0.146 e. The Morgan fingerprint density at radius 3 is 2.05 bits per heavy atom. The zero-order valence-electron chi connectivity index (χ0n) is 21.4. The number of aromatic nitrogens is 3. The maximum atomic E-state index is 4.90. The summed E-state index contributed by atoms with van der Waals surface area (Å²) in [6, 6.07) is 38.6. The maximum Gasteiger partial charge on any atom is 0.146 e.